The number of carbonyl (C=O) groups excluding carboxylic acids is 4. The van der Waals surface area contributed by atoms with Crippen molar-refractivity contribution in [3.05, 3.63) is 129 Å². The zero-order valence-corrected chi connectivity index (χ0v) is 29.5. The van der Waals surface area contributed by atoms with E-state index in [-0.39, 0.29) is 30.4 Å². The molecule has 252 valence electrons. The summed E-state index contributed by atoms with van der Waals surface area (Å²) in [5.74, 6) is -5.02. The highest BCUT2D eigenvalue weighted by molar-refractivity contribution is 14.1. The molecule has 2 heterocycles. The molecule has 50 heavy (non-hydrogen) atoms. The third kappa shape index (κ3) is 4.64. The molecule has 0 radical (unpaired) electrons. The summed E-state index contributed by atoms with van der Waals surface area (Å²) in [4.78, 5) is 59.8. The summed E-state index contributed by atoms with van der Waals surface area (Å²) < 4.78 is 6.83. The van der Waals surface area contributed by atoms with E-state index in [9.17, 15) is 19.5 Å². The number of methoxy groups -OCH3 is 1. The van der Waals surface area contributed by atoms with E-state index in [2.05, 4.69) is 28.0 Å². The summed E-state index contributed by atoms with van der Waals surface area (Å²) in [6, 6.07) is 28.8. The molecule has 2 aliphatic carbocycles. The number of halogens is 1. The molecule has 0 spiro atoms. The van der Waals surface area contributed by atoms with Crippen molar-refractivity contribution < 1.29 is 29.0 Å². The number of anilines is 2. The largest absolute Gasteiger partial charge is 0.508 e. The van der Waals surface area contributed by atoms with E-state index in [0.717, 1.165) is 19.7 Å². The Bertz CT molecular complexity index is 2080. The summed E-state index contributed by atoms with van der Waals surface area (Å²) in [5, 5.41) is 12.8. The second kappa shape index (κ2) is 12.1. The second-order valence-corrected chi connectivity index (χ2v) is 14.7. The molecule has 3 fully saturated rings. The van der Waals surface area contributed by atoms with Crippen molar-refractivity contribution in [3.63, 3.8) is 0 Å². The molecular formula is C40H34IN3O6. The predicted molar refractivity (Wildman–Crippen MR) is 195 cm³/mol. The number of amides is 4. The fourth-order valence-corrected chi connectivity index (χ4v) is 9.27. The van der Waals surface area contributed by atoms with Crippen molar-refractivity contribution in [2.24, 2.45) is 23.7 Å². The number of allylic oxidation sites excluding steroid dienone is 2. The van der Waals surface area contributed by atoms with Gasteiger partial charge in [-0.05, 0) is 102 Å². The van der Waals surface area contributed by atoms with Crippen molar-refractivity contribution >= 4 is 57.6 Å². The van der Waals surface area contributed by atoms with Crippen LogP contribution in [0.1, 0.15) is 35.4 Å². The molecule has 2 aliphatic heterocycles. The number of nitrogens with zero attached hydrogens (tertiary/aromatic N) is 2. The summed E-state index contributed by atoms with van der Waals surface area (Å²) in [6.45, 7) is 1.95. The van der Waals surface area contributed by atoms with Crippen LogP contribution in [0.3, 0.4) is 0 Å². The highest BCUT2D eigenvalue weighted by Crippen LogP contribution is 2.66. The third-order valence-corrected chi connectivity index (χ3v) is 11.7. The van der Waals surface area contributed by atoms with Gasteiger partial charge in [-0.15, -0.1) is 0 Å². The predicted octanol–water partition coefficient (Wildman–Crippen LogP) is 6.50. The standard InChI is InChI=1S/C40H34IN3O6/c1-22-11-15-25(16-12-22)42-44-37(47)30-21-29-27(19-20-28-33(29)38(48)43(36(28)46)26-17-13-24(41)14-18-26)35(34-31(45)9-6-10-32(34)50-2)40(30,39(44)49)23-7-4-3-5-8-23/h3-19,28-30,33,35,42,45H,20-21H2,1-2H3. The van der Waals surface area contributed by atoms with Gasteiger partial charge >= 0.3 is 0 Å². The number of fused-ring (bicyclic) bond motifs is 4. The van der Waals surface area contributed by atoms with E-state index in [1.54, 1.807) is 30.3 Å². The summed E-state index contributed by atoms with van der Waals surface area (Å²) in [7, 11) is 1.50. The minimum atomic E-state index is -1.52. The van der Waals surface area contributed by atoms with E-state index in [4.69, 9.17) is 4.74 Å². The molecule has 6 unspecified atom stereocenters. The lowest BCUT2D eigenvalue weighted by Gasteiger charge is -2.50. The minimum absolute atomic E-state index is 0.0911. The number of phenolic OH excluding ortho intramolecular Hbond substituents is 1. The van der Waals surface area contributed by atoms with Gasteiger partial charge in [0.1, 0.15) is 11.5 Å². The molecule has 6 atom stereocenters. The van der Waals surface area contributed by atoms with Crippen LogP contribution in [-0.2, 0) is 24.6 Å². The zero-order valence-electron chi connectivity index (χ0n) is 27.4. The average molecular weight is 780 g/mol. The maximum absolute atomic E-state index is 15.3. The van der Waals surface area contributed by atoms with Gasteiger partial charge in [-0.25, -0.2) is 0 Å². The molecule has 8 rings (SSSR count). The lowest BCUT2D eigenvalue weighted by Crippen LogP contribution is -2.53. The number of hydrazine groups is 1. The monoisotopic (exact) mass is 779 g/mol. The van der Waals surface area contributed by atoms with Gasteiger partial charge in [-0.3, -0.25) is 29.5 Å². The Labute approximate surface area is 303 Å². The highest BCUT2D eigenvalue weighted by Gasteiger charge is 2.71. The van der Waals surface area contributed by atoms with Crippen LogP contribution in [0, 0.1) is 34.2 Å². The number of hydrogen-bond acceptors (Lipinski definition) is 7. The number of imide groups is 2. The van der Waals surface area contributed by atoms with Crippen molar-refractivity contribution in [2.45, 2.75) is 31.1 Å². The van der Waals surface area contributed by atoms with Crippen LogP contribution in [0.15, 0.2) is 109 Å². The first kappa shape index (κ1) is 32.2. The number of nitrogens with one attached hydrogen (secondary N) is 1. The molecule has 4 aromatic carbocycles. The number of ether oxygens (including phenoxy) is 1. The van der Waals surface area contributed by atoms with Gasteiger partial charge in [0.25, 0.3) is 11.8 Å². The number of benzene rings is 4. The Morgan fingerprint density at radius 2 is 1.56 bits per heavy atom. The quantitative estimate of drug-likeness (QED) is 0.130. The van der Waals surface area contributed by atoms with Gasteiger partial charge in [0.15, 0.2) is 0 Å². The molecule has 9 nitrogen and oxygen atoms in total. The molecule has 2 N–H and O–H groups in total. The molecule has 2 saturated heterocycles. The number of hydrogen-bond donors (Lipinski definition) is 2. The molecule has 4 aliphatic rings. The van der Waals surface area contributed by atoms with E-state index in [1.165, 1.54) is 12.0 Å². The van der Waals surface area contributed by atoms with Gasteiger partial charge in [0.2, 0.25) is 11.8 Å². The first-order valence-electron chi connectivity index (χ1n) is 16.6. The first-order valence-corrected chi connectivity index (χ1v) is 17.7. The maximum Gasteiger partial charge on any atom is 0.260 e. The normalized spacial score (nSPS) is 27.1. The molecule has 4 amide bonds. The van der Waals surface area contributed by atoms with Crippen molar-refractivity contribution in [2.75, 3.05) is 17.4 Å². The van der Waals surface area contributed by atoms with Gasteiger partial charge < -0.3 is 9.84 Å². The van der Waals surface area contributed by atoms with Crippen LogP contribution in [0.4, 0.5) is 11.4 Å². The van der Waals surface area contributed by atoms with Crippen LogP contribution >= 0.6 is 22.6 Å². The van der Waals surface area contributed by atoms with E-state index in [1.807, 2.05) is 79.7 Å². The molecular weight excluding hydrogens is 745 g/mol. The zero-order chi connectivity index (χ0) is 34.9. The Hall–Kier alpha value is -4.97. The van der Waals surface area contributed by atoms with Gasteiger partial charge in [-0.1, -0.05) is 65.7 Å². The van der Waals surface area contributed by atoms with E-state index >= 15 is 4.79 Å². The number of phenols is 1. The van der Waals surface area contributed by atoms with Crippen molar-refractivity contribution in [1.29, 1.82) is 0 Å². The molecule has 10 heteroatoms. The fourth-order valence-electron chi connectivity index (χ4n) is 8.91. The number of carbonyl (C=O) groups is 4. The smallest absolute Gasteiger partial charge is 0.260 e. The lowest BCUT2D eigenvalue weighted by atomic mass is 9.49. The number of rotatable bonds is 6. The Balaban J connectivity index is 1.34. The van der Waals surface area contributed by atoms with Gasteiger partial charge in [0, 0.05) is 15.1 Å². The van der Waals surface area contributed by atoms with Crippen LogP contribution < -0.4 is 15.1 Å². The Morgan fingerprint density at radius 3 is 2.26 bits per heavy atom. The molecule has 0 bridgehead atoms. The van der Waals surface area contributed by atoms with Crippen molar-refractivity contribution in [3.8, 4) is 11.5 Å². The number of aromatic hydroxyl groups is 1. The average Bonchev–Trinajstić information content (AvgIpc) is 3.51. The summed E-state index contributed by atoms with van der Waals surface area (Å²) >= 11 is 2.18. The highest BCUT2D eigenvalue weighted by atomic mass is 127. The minimum Gasteiger partial charge on any atom is -0.508 e. The maximum atomic E-state index is 15.3. The first-order chi connectivity index (χ1) is 24.2. The molecule has 4 aromatic rings. The van der Waals surface area contributed by atoms with Crippen LogP contribution in [0.25, 0.3) is 0 Å². The molecule has 1 saturated carbocycles. The topological polar surface area (TPSA) is 116 Å². The summed E-state index contributed by atoms with van der Waals surface area (Å²) in [6.07, 6.45) is 2.40. The fraction of sp³-hybridized carbons (Fsp3) is 0.250. The van der Waals surface area contributed by atoms with Crippen LogP contribution in [-0.4, -0.2) is 40.9 Å². The third-order valence-electron chi connectivity index (χ3n) is 11.0. The second-order valence-electron chi connectivity index (χ2n) is 13.5. The van der Waals surface area contributed by atoms with Gasteiger partial charge in [0.05, 0.1) is 41.7 Å². The Kier molecular flexibility index (Phi) is 7.81. The van der Waals surface area contributed by atoms with Crippen LogP contribution in [0.5, 0.6) is 11.5 Å². The number of aryl methyl sites for hydroxylation is 1. The van der Waals surface area contributed by atoms with Crippen molar-refractivity contribution in [1.82, 2.24) is 5.01 Å². The Morgan fingerprint density at radius 1 is 0.840 bits per heavy atom. The lowest BCUT2D eigenvalue weighted by molar-refractivity contribution is -0.138. The van der Waals surface area contributed by atoms with E-state index in [0.29, 0.717) is 28.3 Å². The van der Waals surface area contributed by atoms with Gasteiger partial charge in [-0.2, -0.15) is 5.01 Å². The SMILES string of the molecule is COc1cccc(O)c1C1C2=CCC3C(=O)N(c4ccc(I)cc4)C(=O)C3C2CC2C(=O)N(Nc3ccc(C)cc3)C(=O)C21c1ccccc1. The molecule has 0 aromatic heterocycles. The summed E-state index contributed by atoms with van der Waals surface area (Å²) in [5.41, 5.74) is 5.41. The van der Waals surface area contributed by atoms with Crippen LogP contribution in [0.2, 0.25) is 0 Å². The van der Waals surface area contributed by atoms with E-state index < -0.39 is 46.8 Å².